The molecule has 0 unspecified atom stereocenters. The third-order valence-electron chi connectivity index (χ3n) is 2.33. The van der Waals surface area contributed by atoms with Crippen LogP contribution in [0.25, 0.3) is 0 Å². The van der Waals surface area contributed by atoms with Crippen LogP contribution >= 0.6 is 0 Å². The predicted octanol–water partition coefficient (Wildman–Crippen LogP) is 1.99. The van der Waals surface area contributed by atoms with Crippen molar-refractivity contribution >= 4 is 5.97 Å². The lowest BCUT2D eigenvalue weighted by Crippen LogP contribution is -2.15. The molecule has 0 spiro atoms. The predicted molar refractivity (Wildman–Crippen MR) is 55.8 cm³/mol. The summed E-state index contributed by atoms with van der Waals surface area (Å²) in [5, 5.41) is 3.26. The minimum Gasteiger partial charge on any atom is -0.463 e. The zero-order chi connectivity index (χ0) is 10.4. The molecule has 3 nitrogen and oxygen atoms in total. The van der Waals surface area contributed by atoms with Gasteiger partial charge in [-0.05, 0) is 26.2 Å². The molecule has 14 heavy (non-hydrogen) atoms. The topological polar surface area (TPSA) is 38.3 Å². The highest BCUT2D eigenvalue weighted by Crippen LogP contribution is 2.19. The molecule has 80 valence electrons. The van der Waals surface area contributed by atoms with Gasteiger partial charge in [0.1, 0.15) is 0 Å². The summed E-state index contributed by atoms with van der Waals surface area (Å²) in [6.45, 7) is 5.37. The maximum atomic E-state index is 11.6. The van der Waals surface area contributed by atoms with E-state index in [0.29, 0.717) is 6.61 Å². The zero-order valence-electron chi connectivity index (χ0n) is 9.06. The first-order valence-electron chi connectivity index (χ1n) is 5.42. The van der Waals surface area contributed by atoms with Gasteiger partial charge in [-0.3, -0.25) is 0 Å². The molecule has 0 aromatic heterocycles. The SMILES string of the molecule is CCC/C(C(=O)OCC)=C1\CCCN1. The second kappa shape index (κ2) is 5.68. The Balaban J connectivity index is 2.71. The molecular weight excluding hydrogens is 178 g/mol. The Labute approximate surface area is 85.5 Å². The van der Waals surface area contributed by atoms with E-state index in [2.05, 4.69) is 12.2 Å². The van der Waals surface area contributed by atoms with Crippen LogP contribution in [-0.2, 0) is 9.53 Å². The van der Waals surface area contributed by atoms with Crippen LogP contribution in [0.1, 0.15) is 39.5 Å². The van der Waals surface area contributed by atoms with Gasteiger partial charge in [0.15, 0.2) is 0 Å². The molecule has 1 N–H and O–H groups in total. The van der Waals surface area contributed by atoms with Gasteiger partial charge >= 0.3 is 5.97 Å². The van der Waals surface area contributed by atoms with Crippen molar-refractivity contribution in [3.8, 4) is 0 Å². The number of allylic oxidation sites excluding steroid dienone is 1. The van der Waals surface area contributed by atoms with Crippen LogP contribution in [0.3, 0.4) is 0 Å². The average molecular weight is 197 g/mol. The molecule has 3 heteroatoms. The third-order valence-corrected chi connectivity index (χ3v) is 2.33. The summed E-state index contributed by atoms with van der Waals surface area (Å²) in [7, 11) is 0. The van der Waals surface area contributed by atoms with E-state index in [-0.39, 0.29) is 5.97 Å². The highest BCUT2D eigenvalue weighted by Gasteiger charge is 2.18. The summed E-state index contributed by atoms with van der Waals surface area (Å²) in [4.78, 5) is 11.6. The number of hydrogen-bond donors (Lipinski definition) is 1. The van der Waals surface area contributed by atoms with Crippen molar-refractivity contribution < 1.29 is 9.53 Å². The summed E-state index contributed by atoms with van der Waals surface area (Å²) in [6, 6.07) is 0. The summed E-state index contributed by atoms with van der Waals surface area (Å²) < 4.78 is 5.03. The third kappa shape index (κ3) is 2.76. The van der Waals surface area contributed by atoms with Crippen LogP contribution in [0.4, 0.5) is 0 Å². The zero-order valence-corrected chi connectivity index (χ0v) is 9.06. The molecule has 1 aliphatic heterocycles. The molecule has 0 amide bonds. The molecule has 0 aromatic carbocycles. The Hall–Kier alpha value is -0.990. The average Bonchev–Trinajstić information content (AvgIpc) is 2.67. The quantitative estimate of drug-likeness (QED) is 0.553. The molecule has 0 atom stereocenters. The van der Waals surface area contributed by atoms with Gasteiger partial charge in [-0.25, -0.2) is 4.79 Å². The van der Waals surface area contributed by atoms with Gasteiger partial charge in [0.2, 0.25) is 0 Å². The smallest absolute Gasteiger partial charge is 0.335 e. The fraction of sp³-hybridized carbons (Fsp3) is 0.727. The van der Waals surface area contributed by atoms with Gasteiger partial charge in [-0.1, -0.05) is 13.3 Å². The summed E-state index contributed by atoms with van der Waals surface area (Å²) in [5.41, 5.74) is 1.96. The van der Waals surface area contributed by atoms with E-state index >= 15 is 0 Å². The molecule has 1 heterocycles. The number of esters is 1. The van der Waals surface area contributed by atoms with E-state index in [4.69, 9.17) is 4.74 Å². The maximum Gasteiger partial charge on any atom is 0.335 e. The normalized spacial score (nSPS) is 19.0. The van der Waals surface area contributed by atoms with Gasteiger partial charge in [0.25, 0.3) is 0 Å². The molecule has 0 saturated carbocycles. The fourth-order valence-corrected chi connectivity index (χ4v) is 1.69. The van der Waals surface area contributed by atoms with Crippen molar-refractivity contribution in [3.05, 3.63) is 11.3 Å². The molecule has 0 aliphatic carbocycles. The summed E-state index contributed by atoms with van der Waals surface area (Å²) in [5.74, 6) is -0.140. The Morgan fingerprint density at radius 1 is 1.50 bits per heavy atom. The lowest BCUT2D eigenvalue weighted by atomic mass is 10.1. The number of carbonyl (C=O) groups excluding carboxylic acids is 1. The summed E-state index contributed by atoms with van der Waals surface area (Å²) >= 11 is 0. The first-order chi connectivity index (χ1) is 6.79. The van der Waals surface area contributed by atoms with E-state index in [1.165, 1.54) is 0 Å². The van der Waals surface area contributed by atoms with Crippen molar-refractivity contribution in [2.24, 2.45) is 0 Å². The van der Waals surface area contributed by atoms with E-state index in [9.17, 15) is 4.79 Å². The molecule has 1 fully saturated rings. The lowest BCUT2D eigenvalue weighted by molar-refractivity contribution is -0.138. The molecular formula is C11H19NO2. The van der Waals surface area contributed by atoms with Crippen LogP contribution in [0.15, 0.2) is 11.3 Å². The Morgan fingerprint density at radius 3 is 2.79 bits per heavy atom. The second-order valence-corrected chi connectivity index (χ2v) is 3.46. The maximum absolute atomic E-state index is 11.6. The monoisotopic (exact) mass is 197 g/mol. The molecule has 1 aliphatic rings. The number of hydrogen-bond acceptors (Lipinski definition) is 3. The largest absolute Gasteiger partial charge is 0.463 e. The number of ether oxygens (including phenoxy) is 1. The highest BCUT2D eigenvalue weighted by molar-refractivity contribution is 5.89. The summed E-state index contributed by atoms with van der Waals surface area (Å²) in [6.07, 6.45) is 3.93. The second-order valence-electron chi connectivity index (χ2n) is 3.46. The van der Waals surface area contributed by atoms with Crippen LogP contribution in [0.5, 0.6) is 0 Å². The van der Waals surface area contributed by atoms with Gasteiger partial charge in [0, 0.05) is 12.2 Å². The molecule has 1 saturated heterocycles. The minimum absolute atomic E-state index is 0.140. The van der Waals surface area contributed by atoms with Crippen molar-refractivity contribution in [3.63, 3.8) is 0 Å². The van der Waals surface area contributed by atoms with E-state index in [1.54, 1.807) is 0 Å². The van der Waals surface area contributed by atoms with Crippen molar-refractivity contribution in [1.29, 1.82) is 0 Å². The van der Waals surface area contributed by atoms with Crippen LogP contribution in [0, 0.1) is 0 Å². The van der Waals surface area contributed by atoms with E-state index in [0.717, 1.165) is 43.5 Å². The van der Waals surface area contributed by atoms with Gasteiger partial charge in [0.05, 0.1) is 12.2 Å². The number of nitrogens with one attached hydrogen (secondary N) is 1. The van der Waals surface area contributed by atoms with Crippen LogP contribution in [-0.4, -0.2) is 19.1 Å². The number of rotatable bonds is 4. The van der Waals surface area contributed by atoms with Gasteiger partial charge in [-0.2, -0.15) is 0 Å². The molecule has 0 bridgehead atoms. The highest BCUT2D eigenvalue weighted by atomic mass is 16.5. The van der Waals surface area contributed by atoms with Crippen LogP contribution < -0.4 is 5.32 Å². The van der Waals surface area contributed by atoms with E-state index < -0.39 is 0 Å². The van der Waals surface area contributed by atoms with Crippen LogP contribution in [0.2, 0.25) is 0 Å². The molecule has 0 radical (unpaired) electrons. The lowest BCUT2D eigenvalue weighted by Gasteiger charge is -2.09. The Morgan fingerprint density at radius 2 is 2.29 bits per heavy atom. The first kappa shape index (κ1) is 11.1. The minimum atomic E-state index is -0.140. The Kier molecular flexibility index (Phi) is 4.50. The molecule has 1 rings (SSSR count). The van der Waals surface area contributed by atoms with Gasteiger partial charge < -0.3 is 10.1 Å². The molecule has 0 aromatic rings. The van der Waals surface area contributed by atoms with Gasteiger partial charge in [-0.15, -0.1) is 0 Å². The van der Waals surface area contributed by atoms with Crippen molar-refractivity contribution in [1.82, 2.24) is 5.32 Å². The number of carbonyl (C=O) groups is 1. The van der Waals surface area contributed by atoms with Crippen molar-refractivity contribution in [2.75, 3.05) is 13.2 Å². The first-order valence-corrected chi connectivity index (χ1v) is 5.42. The Bertz CT molecular complexity index is 225. The van der Waals surface area contributed by atoms with E-state index in [1.807, 2.05) is 6.92 Å². The fourth-order valence-electron chi connectivity index (χ4n) is 1.69. The standard InChI is InChI=1S/C11H19NO2/c1-3-6-9(11(13)14-4-2)10-7-5-8-12-10/h12H,3-8H2,1-2H3/b10-9-. The van der Waals surface area contributed by atoms with Crippen molar-refractivity contribution in [2.45, 2.75) is 39.5 Å².